The summed E-state index contributed by atoms with van der Waals surface area (Å²) in [4.78, 5) is 14.3. The number of urea groups is 1. The van der Waals surface area contributed by atoms with Crippen LogP contribution in [0.3, 0.4) is 0 Å². The van der Waals surface area contributed by atoms with Gasteiger partial charge >= 0.3 is 6.03 Å². The maximum absolute atomic E-state index is 12.4. The first-order valence-electron chi connectivity index (χ1n) is 9.00. The van der Waals surface area contributed by atoms with Crippen LogP contribution in [-0.2, 0) is 9.47 Å². The summed E-state index contributed by atoms with van der Waals surface area (Å²) in [5.41, 5.74) is 1.08. The number of ether oxygens (including phenoxy) is 2. The molecule has 2 atom stereocenters. The molecule has 132 valence electrons. The average molecular weight is 332 g/mol. The zero-order valence-electron chi connectivity index (χ0n) is 14.4. The molecule has 0 bridgehead atoms. The molecule has 0 saturated carbocycles. The second kappa shape index (κ2) is 8.49. The van der Waals surface area contributed by atoms with Crippen molar-refractivity contribution in [3.05, 3.63) is 35.9 Å². The van der Waals surface area contributed by atoms with Gasteiger partial charge in [-0.3, -0.25) is 0 Å². The van der Waals surface area contributed by atoms with E-state index in [-0.39, 0.29) is 12.1 Å². The molecule has 1 N–H and O–H groups in total. The molecule has 2 saturated heterocycles. The molecule has 0 spiro atoms. The molecule has 0 unspecified atom stereocenters. The minimum absolute atomic E-state index is 0.0128. The topological polar surface area (TPSA) is 50.8 Å². The van der Waals surface area contributed by atoms with E-state index in [2.05, 4.69) is 5.32 Å². The van der Waals surface area contributed by atoms with Crippen molar-refractivity contribution in [3.63, 3.8) is 0 Å². The SMILES string of the molecule is CO[C@@H](CNC(=O)N1CCC([C@@H]2CCCO2)CC1)c1ccccc1. The zero-order chi connectivity index (χ0) is 16.8. The van der Waals surface area contributed by atoms with Gasteiger partial charge in [0.1, 0.15) is 0 Å². The van der Waals surface area contributed by atoms with Crippen LogP contribution in [0.5, 0.6) is 0 Å². The number of nitrogens with zero attached hydrogens (tertiary/aromatic N) is 1. The van der Waals surface area contributed by atoms with Crippen LogP contribution in [0.2, 0.25) is 0 Å². The Balaban J connectivity index is 1.44. The summed E-state index contributed by atoms with van der Waals surface area (Å²) >= 11 is 0. The lowest BCUT2D eigenvalue weighted by Crippen LogP contribution is -2.46. The number of nitrogens with one attached hydrogen (secondary N) is 1. The van der Waals surface area contributed by atoms with Crippen LogP contribution in [0.1, 0.15) is 37.4 Å². The van der Waals surface area contributed by atoms with Gasteiger partial charge in [-0.2, -0.15) is 0 Å². The lowest BCUT2D eigenvalue weighted by molar-refractivity contribution is 0.0367. The molecule has 2 amide bonds. The number of benzene rings is 1. The van der Waals surface area contributed by atoms with E-state index in [1.165, 1.54) is 12.8 Å². The second-order valence-electron chi connectivity index (χ2n) is 6.70. The molecule has 2 aliphatic heterocycles. The number of hydrogen-bond donors (Lipinski definition) is 1. The van der Waals surface area contributed by atoms with Crippen molar-refractivity contribution >= 4 is 6.03 Å². The molecular weight excluding hydrogens is 304 g/mol. The van der Waals surface area contributed by atoms with Gasteiger partial charge in [-0.1, -0.05) is 30.3 Å². The molecule has 24 heavy (non-hydrogen) atoms. The largest absolute Gasteiger partial charge is 0.378 e. The summed E-state index contributed by atoms with van der Waals surface area (Å²) < 4.78 is 11.3. The fraction of sp³-hybridized carbons (Fsp3) is 0.632. The molecule has 5 nitrogen and oxygen atoms in total. The molecule has 0 aromatic heterocycles. The lowest BCUT2D eigenvalue weighted by Gasteiger charge is -2.34. The van der Waals surface area contributed by atoms with Crippen LogP contribution < -0.4 is 5.32 Å². The maximum atomic E-state index is 12.4. The van der Waals surface area contributed by atoms with E-state index in [4.69, 9.17) is 9.47 Å². The van der Waals surface area contributed by atoms with Gasteiger partial charge in [-0.05, 0) is 37.2 Å². The smallest absolute Gasteiger partial charge is 0.317 e. The Bertz CT molecular complexity index is 509. The fourth-order valence-electron chi connectivity index (χ4n) is 3.75. The Morgan fingerprint density at radius 3 is 2.67 bits per heavy atom. The van der Waals surface area contributed by atoms with E-state index in [0.717, 1.165) is 38.1 Å². The molecule has 1 aromatic rings. The van der Waals surface area contributed by atoms with Crippen LogP contribution in [0.4, 0.5) is 4.79 Å². The highest BCUT2D eigenvalue weighted by Gasteiger charge is 2.30. The Kier molecular flexibility index (Phi) is 6.10. The molecule has 3 rings (SSSR count). The van der Waals surface area contributed by atoms with Gasteiger partial charge in [0.15, 0.2) is 0 Å². The quantitative estimate of drug-likeness (QED) is 0.902. The minimum atomic E-state index is -0.112. The highest BCUT2D eigenvalue weighted by molar-refractivity contribution is 5.74. The van der Waals surface area contributed by atoms with E-state index < -0.39 is 0 Å². The number of methoxy groups -OCH3 is 1. The van der Waals surface area contributed by atoms with E-state index in [9.17, 15) is 4.79 Å². The van der Waals surface area contributed by atoms with E-state index in [1.54, 1.807) is 7.11 Å². The van der Waals surface area contributed by atoms with Gasteiger partial charge in [-0.25, -0.2) is 4.79 Å². The zero-order valence-corrected chi connectivity index (χ0v) is 14.4. The van der Waals surface area contributed by atoms with Crippen LogP contribution >= 0.6 is 0 Å². The van der Waals surface area contributed by atoms with E-state index >= 15 is 0 Å². The van der Waals surface area contributed by atoms with Crippen molar-refractivity contribution in [1.29, 1.82) is 0 Å². The molecule has 1 aromatic carbocycles. The average Bonchev–Trinajstić information content (AvgIpc) is 3.18. The molecule has 2 heterocycles. The summed E-state index contributed by atoms with van der Waals surface area (Å²) in [7, 11) is 1.68. The Hall–Kier alpha value is -1.59. The Labute approximate surface area is 144 Å². The molecule has 2 aliphatic rings. The van der Waals surface area contributed by atoms with Gasteiger partial charge < -0.3 is 19.7 Å². The normalized spacial score (nSPS) is 23.2. The predicted octanol–water partition coefficient (Wildman–Crippen LogP) is 2.97. The Morgan fingerprint density at radius 1 is 1.29 bits per heavy atom. The third-order valence-corrected chi connectivity index (χ3v) is 5.21. The highest BCUT2D eigenvalue weighted by Crippen LogP contribution is 2.28. The van der Waals surface area contributed by atoms with Crippen LogP contribution in [0, 0.1) is 5.92 Å². The third kappa shape index (κ3) is 4.28. The standard InChI is InChI=1S/C19H28N2O3/c1-23-18(15-6-3-2-4-7-15)14-20-19(22)21-11-9-16(10-12-21)17-8-5-13-24-17/h2-4,6-7,16-18H,5,8-14H2,1H3,(H,20,22)/t17-,18-/m0/s1. The van der Waals surface area contributed by atoms with Crippen LogP contribution in [0.25, 0.3) is 0 Å². The van der Waals surface area contributed by atoms with Gasteiger partial charge in [-0.15, -0.1) is 0 Å². The number of rotatable bonds is 5. The van der Waals surface area contributed by atoms with Crippen molar-refractivity contribution in [2.24, 2.45) is 5.92 Å². The van der Waals surface area contributed by atoms with Crippen molar-refractivity contribution in [1.82, 2.24) is 10.2 Å². The maximum Gasteiger partial charge on any atom is 0.317 e. The van der Waals surface area contributed by atoms with Crippen molar-refractivity contribution in [3.8, 4) is 0 Å². The monoisotopic (exact) mass is 332 g/mol. The van der Waals surface area contributed by atoms with Crippen molar-refractivity contribution < 1.29 is 14.3 Å². The predicted molar refractivity (Wildman–Crippen MR) is 92.9 cm³/mol. The van der Waals surface area contributed by atoms with Crippen molar-refractivity contribution in [2.75, 3.05) is 33.4 Å². The number of carbonyl (C=O) groups is 1. The summed E-state index contributed by atoms with van der Waals surface area (Å²) in [6, 6.07) is 10.0. The molecule has 5 heteroatoms. The van der Waals surface area contributed by atoms with E-state index in [0.29, 0.717) is 18.6 Å². The summed E-state index contributed by atoms with van der Waals surface area (Å²) in [6.07, 6.45) is 4.77. The van der Waals surface area contributed by atoms with Crippen LogP contribution in [-0.4, -0.2) is 50.4 Å². The number of piperidine rings is 1. The molecule has 2 fully saturated rings. The van der Waals surface area contributed by atoms with Gasteiger partial charge in [0, 0.05) is 33.4 Å². The van der Waals surface area contributed by atoms with Gasteiger partial charge in [0.25, 0.3) is 0 Å². The first-order chi connectivity index (χ1) is 11.8. The third-order valence-electron chi connectivity index (χ3n) is 5.21. The summed E-state index contributed by atoms with van der Waals surface area (Å²) in [5.74, 6) is 0.618. The van der Waals surface area contributed by atoms with E-state index in [1.807, 2.05) is 35.2 Å². The lowest BCUT2D eigenvalue weighted by atomic mass is 9.90. The van der Waals surface area contributed by atoms with Crippen LogP contribution in [0.15, 0.2) is 30.3 Å². The fourth-order valence-corrected chi connectivity index (χ4v) is 3.75. The number of likely N-dealkylation sites (tertiary alicyclic amines) is 1. The second-order valence-corrected chi connectivity index (χ2v) is 6.70. The highest BCUT2D eigenvalue weighted by atomic mass is 16.5. The number of hydrogen-bond acceptors (Lipinski definition) is 3. The summed E-state index contributed by atoms with van der Waals surface area (Å²) in [5, 5.41) is 3.02. The number of amides is 2. The first kappa shape index (κ1) is 17.2. The number of carbonyl (C=O) groups excluding carboxylic acids is 1. The molecule has 0 aliphatic carbocycles. The molecule has 0 radical (unpaired) electrons. The van der Waals surface area contributed by atoms with Crippen molar-refractivity contribution in [2.45, 2.75) is 37.9 Å². The minimum Gasteiger partial charge on any atom is -0.378 e. The van der Waals surface area contributed by atoms with Gasteiger partial charge in [0.2, 0.25) is 0 Å². The summed E-state index contributed by atoms with van der Waals surface area (Å²) in [6.45, 7) is 3.03. The Morgan fingerprint density at radius 2 is 2.04 bits per heavy atom. The van der Waals surface area contributed by atoms with Gasteiger partial charge in [0.05, 0.1) is 12.2 Å². The first-order valence-corrected chi connectivity index (χ1v) is 9.00. The molecular formula is C19H28N2O3.